The summed E-state index contributed by atoms with van der Waals surface area (Å²) in [7, 11) is 0. The number of rotatable bonds is 2. The van der Waals surface area contributed by atoms with Crippen molar-refractivity contribution in [3.63, 3.8) is 0 Å². The molecular weight excluding hydrogens is 261 g/mol. The number of carbonyl (C=O) groups excluding carboxylic acids is 1. The van der Waals surface area contributed by atoms with Gasteiger partial charge in [0.2, 0.25) is 0 Å². The summed E-state index contributed by atoms with van der Waals surface area (Å²) < 4.78 is 38.2. The summed E-state index contributed by atoms with van der Waals surface area (Å²) in [6, 6.07) is 0. The minimum absolute atomic E-state index is 0.194. The van der Waals surface area contributed by atoms with E-state index in [1.807, 2.05) is 0 Å². The predicted molar refractivity (Wildman–Crippen MR) is 64.8 cm³/mol. The molecule has 0 saturated carbocycles. The molecule has 0 spiro atoms. The Morgan fingerprint density at radius 2 is 1.94 bits per heavy atom. The molecule has 1 heterocycles. The number of thiophene rings is 1. The van der Waals surface area contributed by atoms with E-state index >= 15 is 0 Å². The van der Waals surface area contributed by atoms with Gasteiger partial charge in [0, 0.05) is 16.3 Å². The molecule has 0 bridgehead atoms. The van der Waals surface area contributed by atoms with E-state index in [0.29, 0.717) is 12.0 Å². The highest BCUT2D eigenvalue weighted by Crippen LogP contribution is 2.36. The second-order valence-electron chi connectivity index (χ2n) is 4.35. The van der Waals surface area contributed by atoms with Crippen molar-refractivity contribution in [3.8, 4) is 0 Å². The molecule has 1 aliphatic carbocycles. The number of ketones is 1. The number of carbonyl (C=O) groups is 1. The van der Waals surface area contributed by atoms with Crippen LogP contribution in [0.2, 0.25) is 0 Å². The van der Waals surface area contributed by atoms with Crippen molar-refractivity contribution in [2.24, 2.45) is 0 Å². The van der Waals surface area contributed by atoms with Gasteiger partial charge in [-0.05, 0) is 31.3 Å². The SMILES string of the molecule is O=C(C1=CCCCCC1)c1cscc1C(F)(F)F. The van der Waals surface area contributed by atoms with Crippen molar-refractivity contribution in [2.75, 3.05) is 0 Å². The highest BCUT2D eigenvalue weighted by Gasteiger charge is 2.36. The molecule has 1 aromatic heterocycles. The van der Waals surface area contributed by atoms with E-state index in [0.717, 1.165) is 42.4 Å². The topological polar surface area (TPSA) is 17.1 Å². The maximum atomic E-state index is 12.7. The minimum atomic E-state index is -4.45. The summed E-state index contributed by atoms with van der Waals surface area (Å²) in [6.45, 7) is 0. The van der Waals surface area contributed by atoms with Crippen LogP contribution in [0.4, 0.5) is 13.2 Å². The van der Waals surface area contributed by atoms with Gasteiger partial charge in [-0.15, -0.1) is 0 Å². The summed E-state index contributed by atoms with van der Waals surface area (Å²) in [5.74, 6) is -0.453. The summed E-state index contributed by atoms with van der Waals surface area (Å²) >= 11 is 0.923. The fraction of sp³-hybridized carbons (Fsp3) is 0.462. The van der Waals surface area contributed by atoms with E-state index in [4.69, 9.17) is 0 Å². The van der Waals surface area contributed by atoms with Gasteiger partial charge in [-0.25, -0.2) is 0 Å². The Labute approximate surface area is 107 Å². The van der Waals surface area contributed by atoms with E-state index in [2.05, 4.69) is 0 Å². The fourth-order valence-electron chi connectivity index (χ4n) is 2.09. The van der Waals surface area contributed by atoms with Gasteiger partial charge in [0.05, 0.1) is 5.56 Å². The molecule has 0 saturated heterocycles. The Kier molecular flexibility index (Phi) is 3.90. The number of allylic oxidation sites excluding steroid dienone is 2. The van der Waals surface area contributed by atoms with Crippen molar-refractivity contribution in [1.29, 1.82) is 0 Å². The molecule has 1 aromatic rings. The lowest BCUT2D eigenvalue weighted by Crippen LogP contribution is -2.12. The molecule has 0 unspecified atom stereocenters. The molecule has 0 atom stereocenters. The lowest BCUT2D eigenvalue weighted by Gasteiger charge is -2.08. The van der Waals surface area contributed by atoms with Crippen LogP contribution in [0, 0.1) is 0 Å². The van der Waals surface area contributed by atoms with Crippen LogP contribution in [0.3, 0.4) is 0 Å². The second-order valence-corrected chi connectivity index (χ2v) is 5.10. The van der Waals surface area contributed by atoms with Crippen molar-refractivity contribution >= 4 is 17.1 Å². The van der Waals surface area contributed by atoms with E-state index in [9.17, 15) is 18.0 Å². The number of alkyl halides is 3. The lowest BCUT2D eigenvalue weighted by molar-refractivity contribution is -0.137. The minimum Gasteiger partial charge on any atom is -0.289 e. The Bertz CT molecular complexity index is 471. The average Bonchev–Trinajstić information content (AvgIpc) is 2.64. The Morgan fingerprint density at radius 3 is 2.67 bits per heavy atom. The molecule has 0 aromatic carbocycles. The van der Waals surface area contributed by atoms with Gasteiger partial charge in [0.25, 0.3) is 0 Å². The maximum Gasteiger partial charge on any atom is 0.417 e. The van der Waals surface area contributed by atoms with E-state index in [1.54, 1.807) is 6.08 Å². The summed E-state index contributed by atoms with van der Waals surface area (Å²) in [6.07, 6.45) is 1.64. The largest absolute Gasteiger partial charge is 0.417 e. The zero-order chi connectivity index (χ0) is 13.2. The van der Waals surface area contributed by atoms with Gasteiger partial charge in [-0.2, -0.15) is 24.5 Å². The fourth-order valence-corrected chi connectivity index (χ4v) is 2.92. The number of hydrogen-bond donors (Lipinski definition) is 0. The molecule has 0 aliphatic heterocycles. The monoisotopic (exact) mass is 274 g/mol. The molecule has 0 N–H and O–H groups in total. The first-order valence-corrected chi connectivity index (χ1v) is 6.81. The highest BCUT2D eigenvalue weighted by atomic mass is 32.1. The third-order valence-electron chi connectivity index (χ3n) is 3.04. The number of halogens is 3. The molecule has 98 valence electrons. The Hall–Kier alpha value is -1.10. The molecule has 2 rings (SSSR count). The van der Waals surface area contributed by atoms with Crippen molar-refractivity contribution in [3.05, 3.63) is 33.5 Å². The van der Waals surface area contributed by atoms with Gasteiger partial charge in [-0.1, -0.05) is 12.5 Å². The zero-order valence-electron chi connectivity index (χ0n) is 9.72. The summed E-state index contributed by atoms with van der Waals surface area (Å²) in [5.41, 5.74) is -0.459. The van der Waals surface area contributed by atoms with Crippen LogP contribution >= 0.6 is 11.3 Å². The molecule has 1 nitrogen and oxygen atoms in total. The predicted octanol–water partition coefficient (Wildman–Crippen LogP) is 4.84. The first-order chi connectivity index (χ1) is 8.50. The molecule has 0 amide bonds. The second kappa shape index (κ2) is 5.26. The number of hydrogen-bond acceptors (Lipinski definition) is 2. The van der Waals surface area contributed by atoms with Crippen LogP contribution in [0.1, 0.15) is 48.0 Å². The molecule has 18 heavy (non-hydrogen) atoms. The first kappa shape index (κ1) is 13.3. The van der Waals surface area contributed by atoms with Crippen LogP contribution < -0.4 is 0 Å². The van der Waals surface area contributed by atoms with Crippen LogP contribution in [0.5, 0.6) is 0 Å². The van der Waals surface area contributed by atoms with Gasteiger partial charge in [0.1, 0.15) is 0 Å². The smallest absolute Gasteiger partial charge is 0.289 e. The quantitative estimate of drug-likeness (QED) is 0.705. The molecule has 1 aliphatic rings. The molecule has 0 fully saturated rings. The molecule has 0 radical (unpaired) electrons. The van der Waals surface area contributed by atoms with Gasteiger partial charge in [-0.3, -0.25) is 4.79 Å². The maximum absolute atomic E-state index is 12.7. The van der Waals surface area contributed by atoms with Crippen molar-refractivity contribution in [2.45, 2.75) is 38.3 Å². The van der Waals surface area contributed by atoms with Crippen molar-refractivity contribution in [1.82, 2.24) is 0 Å². The van der Waals surface area contributed by atoms with Crippen LogP contribution in [-0.4, -0.2) is 5.78 Å². The van der Waals surface area contributed by atoms with Crippen molar-refractivity contribution < 1.29 is 18.0 Å². The summed E-state index contributed by atoms with van der Waals surface area (Å²) in [5, 5.41) is 2.31. The van der Waals surface area contributed by atoms with Gasteiger partial charge in [0.15, 0.2) is 5.78 Å². The summed E-state index contributed by atoms with van der Waals surface area (Å²) in [4.78, 5) is 12.1. The highest BCUT2D eigenvalue weighted by molar-refractivity contribution is 7.08. The van der Waals surface area contributed by atoms with Crippen LogP contribution in [0.25, 0.3) is 0 Å². The van der Waals surface area contributed by atoms with Crippen LogP contribution in [0.15, 0.2) is 22.4 Å². The van der Waals surface area contributed by atoms with E-state index in [1.165, 1.54) is 5.38 Å². The normalized spacial score (nSPS) is 17.2. The molecular formula is C13H13F3OS. The third-order valence-corrected chi connectivity index (χ3v) is 3.79. The first-order valence-electron chi connectivity index (χ1n) is 5.87. The van der Waals surface area contributed by atoms with Crippen LogP contribution in [-0.2, 0) is 6.18 Å². The Balaban J connectivity index is 2.29. The Morgan fingerprint density at radius 1 is 1.17 bits per heavy atom. The molecule has 5 heteroatoms. The van der Waals surface area contributed by atoms with E-state index < -0.39 is 17.5 Å². The van der Waals surface area contributed by atoms with E-state index in [-0.39, 0.29) is 5.56 Å². The number of Topliss-reactive ketones (excluding diaryl/α,β-unsaturated/α-hetero) is 1. The lowest BCUT2D eigenvalue weighted by atomic mass is 9.99. The van der Waals surface area contributed by atoms with Gasteiger partial charge < -0.3 is 0 Å². The standard InChI is InChI=1S/C13H13F3OS/c14-13(15,16)11-8-18-7-10(11)12(17)9-5-3-1-2-4-6-9/h5,7-8H,1-4,6H2. The van der Waals surface area contributed by atoms with Gasteiger partial charge >= 0.3 is 6.18 Å². The zero-order valence-corrected chi connectivity index (χ0v) is 10.5. The average molecular weight is 274 g/mol. The third kappa shape index (κ3) is 2.83.